The number of benzene rings is 2. The molecular weight excluding hydrogens is 377 g/mol. The normalized spacial score (nSPS) is 12.5. The minimum atomic E-state index is -4.70. The Kier molecular flexibility index (Phi) is 6.72. The lowest BCUT2D eigenvalue weighted by Gasteiger charge is -2.13. The van der Waals surface area contributed by atoms with Crippen molar-refractivity contribution in [3.8, 4) is 5.75 Å². The van der Waals surface area contributed by atoms with Crippen molar-refractivity contribution in [3.05, 3.63) is 65.2 Å². The third kappa shape index (κ3) is 6.14. The Balaban J connectivity index is 2.18. The number of hydrogen-bond acceptors (Lipinski definition) is 5. The molecule has 0 aliphatic carbocycles. The summed E-state index contributed by atoms with van der Waals surface area (Å²) in [4.78, 5) is 11.8. The third-order valence-electron chi connectivity index (χ3n) is 3.06. The molecule has 1 N–H and O–H groups in total. The maximum atomic E-state index is 13.0. The lowest BCUT2D eigenvalue weighted by molar-refractivity contribution is -0.137. The molecule has 1 atom stereocenters. The Morgan fingerprint density at radius 3 is 2.42 bits per heavy atom. The van der Waals surface area contributed by atoms with Crippen LogP contribution in [0.3, 0.4) is 0 Å². The van der Waals surface area contributed by atoms with Crippen LogP contribution in [0.4, 0.5) is 13.2 Å². The van der Waals surface area contributed by atoms with Crippen molar-refractivity contribution >= 4 is 17.3 Å². The number of carbonyl (C=O) groups is 1. The molecule has 0 fully saturated rings. The van der Waals surface area contributed by atoms with Crippen LogP contribution < -0.4 is 4.74 Å². The van der Waals surface area contributed by atoms with Crippen LogP contribution in [0.5, 0.6) is 5.75 Å². The lowest BCUT2D eigenvalue weighted by Crippen LogP contribution is -2.12. The summed E-state index contributed by atoms with van der Waals surface area (Å²) in [6.45, 7) is -0.887. The second-order valence-corrected chi connectivity index (χ2v) is 5.57. The number of rotatable bonds is 7. The van der Waals surface area contributed by atoms with E-state index in [4.69, 9.17) is 9.29 Å². The van der Waals surface area contributed by atoms with Crippen molar-refractivity contribution in [1.82, 2.24) is 0 Å². The quantitative estimate of drug-likeness (QED) is 0.442. The largest absolute Gasteiger partial charge is 0.489 e. The summed E-state index contributed by atoms with van der Waals surface area (Å²) in [5.74, 6) is -1.34. The molecule has 2 aromatic rings. The van der Waals surface area contributed by atoms with E-state index in [0.29, 0.717) is 6.07 Å². The monoisotopic (exact) mass is 390 g/mol. The van der Waals surface area contributed by atoms with Gasteiger partial charge in [-0.25, -0.2) is 8.98 Å². The molecule has 140 valence electrons. The molecule has 1 unspecified atom stereocenters. The molecule has 0 aliphatic heterocycles. The first kappa shape index (κ1) is 19.9. The fourth-order valence-electron chi connectivity index (χ4n) is 1.91. The maximum absolute atomic E-state index is 13.0. The van der Waals surface area contributed by atoms with E-state index in [9.17, 15) is 22.2 Å². The van der Waals surface area contributed by atoms with Gasteiger partial charge in [0.2, 0.25) is 6.79 Å². The summed E-state index contributed by atoms with van der Waals surface area (Å²) in [6.07, 6.45) is -4.70. The Labute approximate surface area is 149 Å². The smallest absolute Gasteiger partial charge is 0.416 e. The van der Waals surface area contributed by atoms with Crippen molar-refractivity contribution in [1.29, 1.82) is 0 Å². The van der Waals surface area contributed by atoms with Gasteiger partial charge in [-0.1, -0.05) is 30.3 Å². The van der Waals surface area contributed by atoms with E-state index in [-0.39, 0.29) is 12.4 Å². The van der Waals surface area contributed by atoms with Gasteiger partial charge in [-0.15, -0.1) is 0 Å². The van der Waals surface area contributed by atoms with Crippen molar-refractivity contribution in [2.75, 3.05) is 6.79 Å². The average Bonchev–Trinajstić information content (AvgIpc) is 2.59. The zero-order valence-electron chi connectivity index (χ0n) is 13.1. The first-order valence-corrected chi connectivity index (χ1v) is 8.09. The summed E-state index contributed by atoms with van der Waals surface area (Å²) in [6, 6.07) is 11.2. The fourth-order valence-corrected chi connectivity index (χ4v) is 2.04. The van der Waals surface area contributed by atoms with Gasteiger partial charge in [0, 0.05) is 0 Å². The number of carbonyl (C=O) groups excluding carboxylic acids is 1. The van der Waals surface area contributed by atoms with Crippen molar-refractivity contribution in [3.63, 3.8) is 0 Å². The number of halogens is 3. The fraction of sp³-hybridized carbons (Fsp3) is 0.188. The molecule has 2 aromatic carbocycles. The molecule has 0 amide bonds. The van der Waals surface area contributed by atoms with Crippen LogP contribution >= 0.6 is 0 Å². The predicted molar refractivity (Wildman–Crippen MR) is 84.4 cm³/mol. The highest BCUT2D eigenvalue weighted by molar-refractivity contribution is 7.74. The van der Waals surface area contributed by atoms with Gasteiger partial charge in [-0.2, -0.15) is 17.4 Å². The van der Waals surface area contributed by atoms with E-state index < -0.39 is 41.4 Å². The highest BCUT2D eigenvalue weighted by Gasteiger charge is 2.32. The van der Waals surface area contributed by atoms with E-state index in [1.54, 1.807) is 30.3 Å². The maximum Gasteiger partial charge on any atom is 0.416 e. The zero-order chi connectivity index (χ0) is 19.2. The summed E-state index contributed by atoms with van der Waals surface area (Å²) < 4.78 is 71.7. The molecule has 0 aliphatic rings. The second kappa shape index (κ2) is 8.79. The number of hydrogen-bond donors (Lipinski definition) is 1. The number of ether oxygens (including phenoxy) is 2. The van der Waals surface area contributed by atoms with Gasteiger partial charge < -0.3 is 9.47 Å². The van der Waals surface area contributed by atoms with Crippen LogP contribution in [0.2, 0.25) is 0 Å². The van der Waals surface area contributed by atoms with Crippen LogP contribution in [-0.4, -0.2) is 21.5 Å². The third-order valence-corrected chi connectivity index (χ3v) is 3.35. The van der Waals surface area contributed by atoms with Crippen LogP contribution in [0.1, 0.15) is 21.5 Å². The van der Waals surface area contributed by atoms with E-state index >= 15 is 0 Å². The minimum Gasteiger partial charge on any atom is -0.489 e. The summed E-state index contributed by atoms with van der Waals surface area (Å²) in [5, 5.41) is 0. The average molecular weight is 390 g/mol. The molecule has 6 nitrogen and oxygen atoms in total. The van der Waals surface area contributed by atoms with Gasteiger partial charge in [0.15, 0.2) is 0 Å². The summed E-state index contributed by atoms with van der Waals surface area (Å²) in [5.41, 5.74) is -0.801. The van der Waals surface area contributed by atoms with Crippen LogP contribution in [0, 0.1) is 0 Å². The van der Waals surface area contributed by atoms with Gasteiger partial charge >= 0.3 is 23.5 Å². The predicted octanol–water partition coefficient (Wildman–Crippen LogP) is 3.55. The molecular formula is C16H13F3O6S. The molecule has 10 heteroatoms. The molecule has 0 bridgehead atoms. The van der Waals surface area contributed by atoms with Crippen molar-refractivity contribution in [2.45, 2.75) is 12.8 Å². The molecule has 0 saturated carbocycles. The van der Waals surface area contributed by atoms with E-state index in [1.807, 2.05) is 0 Å². The van der Waals surface area contributed by atoms with Gasteiger partial charge in [-0.3, -0.25) is 4.55 Å². The Bertz CT molecular complexity index is 779. The second-order valence-electron chi connectivity index (χ2n) is 4.90. The van der Waals surface area contributed by atoms with Crippen molar-refractivity contribution < 1.29 is 40.4 Å². The standard InChI is InChI=1S/C16H13F3O6S/c17-16(18,19)13-6-12(15(20)24-10-25-26(21)22)7-14(8-13)23-9-11-4-2-1-3-5-11/h1-8H,9-10H2,(H,21,22). The SMILES string of the molecule is O=C(OCOS(=O)O)c1cc(OCc2ccccc2)cc(C(F)(F)F)c1. The number of alkyl halides is 3. The van der Waals surface area contributed by atoms with E-state index in [0.717, 1.165) is 17.7 Å². The topological polar surface area (TPSA) is 82.1 Å². The van der Waals surface area contributed by atoms with Crippen LogP contribution in [-0.2, 0) is 33.1 Å². The van der Waals surface area contributed by atoms with Gasteiger partial charge in [0.05, 0.1) is 11.1 Å². The summed E-state index contributed by atoms with van der Waals surface area (Å²) in [7, 11) is 0. The Morgan fingerprint density at radius 1 is 1.12 bits per heavy atom. The van der Waals surface area contributed by atoms with E-state index in [2.05, 4.69) is 8.92 Å². The lowest BCUT2D eigenvalue weighted by atomic mass is 10.1. The Morgan fingerprint density at radius 2 is 1.81 bits per heavy atom. The highest BCUT2D eigenvalue weighted by Crippen LogP contribution is 2.33. The first-order valence-electron chi connectivity index (χ1n) is 7.06. The molecule has 0 spiro atoms. The summed E-state index contributed by atoms with van der Waals surface area (Å²) >= 11 is -2.67. The zero-order valence-corrected chi connectivity index (χ0v) is 13.9. The van der Waals surface area contributed by atoms with Gasteiger partial charge in [0.1, 0.15) is 12.4 Å². The van der Waals surface area contributed by atoms with Crippen molar-refractivity contribution in [2.24, 2.45) is 0 Å². The molecule has 0 heterocycles. The van der Waals surface area contributed by atoms with E-state index in [1.165, 1.54) is 0 Å². The first-order chi connectivity index (χ1) is 12.3. The minimum absolute atomic E-state index is 0.00322. The molecule has 0 radical (unpaired) electrons. The number of esters is 1. The molecule has 26 heavy (non-hydrogen) atoms. The molecule has 0 aromatic heterocycles. The highest BCUT2D eigenvalue weighted by atomic mass is 32.2. The molecule has 2 rings (SSSR count). The van der Waals surface area contributed by atoms with Gasteiger partial charge in [0.25, 0.3) is 0 Å². The van der Waals surface area contributed by atoms with Gasteiger partial charge in [-0.05, 0) is 23.8 Å². The van der Waals surface area contributed by atoms with Crippen LogP contribution in [0.15, 0.2) is 48.5 Å². The molecule has 0 saturated heterocycles. The Hall–Kier alpha value is -2.43. The van der Waals surface area contributed by atoms with Crippen LogP contribution in [0.25, 0.3) is 0 Å².